The Morgan fingerprint density at radius 2 is 1.71 bits per heavy atom. The van der Waals surface area contributed by atoms with Crippen molar-refractivity contribution in [2.24, 2.45) is 0 Å². The van der Waals surface area contributed by atoms with Crippen LogP contribution in [0.25, 0.3) is 0 Å². The second-order valence-corrected chi connectivity index (χ2v) is 6.15. The molecule has 24 heavy (non-hydrogen) atoms. The lowest BCUT2D eigenvalue weighted by Gasteiger charge is -2.11. The topological polar surface area (TPSA) is 55.4 Å². The van der Waals surface area contributed by atoms with Gasteiger partial charge in [0.2, 0.25) is 5.91 Å². The van der Waals surface area contributed by atoms with Crippen molar-refractivity contribution in [1.82, 2.24) is 0 Å². The van der Waals surface area contributed by atoms with E-state index in [0.717, 1.165) is 17.7 Å². The molecule has 126 valence electrons. The third-order valence-corrected chi connectivity index (χ3v) is 4.19. The lowest BCUT2D eigenvalue weighted by Crippen LogP contribution is -2.17. The maximum Gasteiger partial charge on any atom is 0.315 e. The molecule has 2 aromatic rings. The van der Waals surface area contributed by atoms with Crippen LogP contribution in [-0.4, -0.2) is 30.0 Å². The van der Waals surface area contributed by atoms with Crippen LogP contribution in [0.5, 0.6) is 0 Å². The van der Waals surface area contributed by atoms with Gasteiger partial charge in [-0.25, -0.2) is 0 Å². The largest absolute Gasteiger partial charge is 0.465 e. The average molecular weight is 343 g/mol. The van der Waals surface area contributed by atoms with Crippen molar-refractivity contribution >= 4 is 29.3 Å². The van der Waals surface area contributed by atoms with Crippen molar-refractivity contribution in [1.29, 1.82) is 0 Å². The highest BCUT2D eigenvalue weighted by Gasteiger charge is 2.09. The van der Waals surface area contributed by atoms with E-state index >= 15 is 0 Å². The van der Waals surface area contributed by atoms with Gasteiger partial charge in [-0.15, -0.1) is 11.8 Å². The lowest BCUT2D eigenvalue weighted by atomic mass is 10.0. The number of esters is 1. The molecule has 0 fully saturated rings. The molecule has 1 amide bonds. The Morgan fingerprint density at radius 1 is 1.00 bits per heavy atom. The third-order valence-electron chi connectivity index (χ3n) is 3.29. The van der Waals surface area contributed by atoms with E-state index in [1.807, 2.05) is 42.5 Å². The summed E-state index contributed by atoms with van der Waals surface area (Å²) < 4.78 is 4.84. The van der Waals surface area contributed by atoms with Gasteiger partial charge < -0.3 is 10.1 Å². The van der Waals surface area contributed by atoms with Crippen LogP contribution in [0.2, 0.25) is 0 Å². The van der Waals surface area contributed by atoms with E-state index in [2.05, 4.69) is 17.4 Å². The van der Waals surface area contributed by atoms with E-state index in [1.165, 1.54) is 17.3 Å². The Hall–Kier alpha value is -2.27. The highest BCUT2D eigenvalue weighted by molar-refractivity contribution is 8.00. The molecule has 4 nitrogen and oxygen atoms in total. The van der Waals surface area contributed by atoms with Crippen LogP contribution < -0.4 is 5.32 Å². The Morgan fingerprint density at radius 3 is 2.46 bits per heavy atom. The van der Waals surface area contributed by atoms with E-state index in [1.54, 1.807) is 6.92 Å². The molecule has 2 rings (SSSR count). The van der Waals surface area contributed by atoms with Gasteiger partial charge in [0.25, 0.3) is 0 Å². The van der Waals surface area contributed by atoms with Crippen molar-refractivity contribution in [3.05, 3.63) is 65.7 Å². The number of rotatable bonds is 8. The summed E-state index contributed by atoms with van der Waals surface area (Å²) in [6.07, 6.45) is 0.757. The van der Waals surface area contributed by atoms with Crippen molar-refractivity contribution in [3.8, 4) is 0 Å². The van der Waals surface area contributed by atoms with Gasteiger partial charge in [0.1, 0.15) is 0 Å². The minimum Gasteiger partial charge on any atom is -0.465 e. The molecule has 1 N–H and O–H groups in total. The summed E-state index contributed by atoms with van der Waals surface area (Å²) in [6.45, 7) is 2.12. The minimum atomic E-state index is -0.292. The van der Waals surface area contributed by atoms with E-state index in [4.69, 9.17) is 4.74 Å². The van der Waals surface area contributed by atoms with Gasteiger partial charge in [-0.05, 0) is 30.5 Å². The second kappa shape index (κ2) is 9.78. The smallest absolute Gasteiger partial charge is 0.315 e. The first kappa shape index (κ1) is 18.1. The number of para-hydroxylation sites is 1. The van der Waals surface area contributed by atoms with Crippen LogP contribution in [-0.2, 0) is 20.7 Å². The Kier molecular flexibility index (Phi) is 7.36. The molecule has 0 saturated heterocycles. The van der Waals surface area contributed by atoms with Gasteiger partial charge in [0, 0.05) is 5.69 Å². The molecule has 0 unspecified atom stereocenters. The predicted octanol–water partition coefficient (Wildman–Crippen LogP) is 3.51. The Balaban J connectivity index is 1.90. The van der Waals surface area contributed by atoms with Gasteiger partial charge in [-0.1, -0.05) is 48.5 Å². The number of benzene rings is 2. The zero-order chi connectivity index (χ0) is 17.2. The molecule has 5 heteroatoms. The first-order chi connectivity index (χ1) is 11.7. The quantitative estimate of drug-likeness (QED) is 0.745. The number of ether oxygens (including phenoxy) is 1. The summed E-state index contributed by atoms with van der Waals surface area (Å²) in [5.74, 6) is -0.00428. The zero-order valence-electron chi connectivity index (χ0n) is 13.7. The monoisotopic (exact) mass is 343 g/mol. The maximum atomic E-state index is 12.1. The highest BCUT2D eigenvalue weighted by Crippen LogP contribution is 2.19. The molecular formula is C19H21NO3S. The SMILES string of the molecule is CCOC(=O)CSCC(=O)Nc1ccccc1Cc1ccccc1. The molecule has 0 aliphatic heterocycles. The number of hydrogen-bond donors (Lipinski definition) is 1. The molecule has 0 saturated carbocycles. The maximum absolute atomic E-state index is 12.1. The fourth-order valence-corrected chi connectivity index (χ4v) is 2.84. The molecular weight excluding hydrogens is 322 g/mol. The summed E-state index contributed by atoms with van der Waals surface area (Å²) in [5, 5.41) is 2.92. The number of nitrogens with one attached hydrogen (secondary N) is 1. The van der Waals surface area contributed by atoms with Crippen LogP contribution >= 0.6 is 11.8 Å². The summed E-state index contributed by atoms with van der Waals surface area (Å²) in [6, 6.07) is 17.9. The molecule has 0 aromatic heterocycles. The van der Waals surface area contributed by atoms with Crippen molar-refractivity contribution in [2.75, 3.05) is 23.4 Å². The van der Waals surface area contributed by atoms with Crippen molar-refractivity contribution in [2.45, 2.75) is 13.3 Å². The predicted molar refractivity (Wildman–Crippen MR) is 98.3 cm³/mol. The van der Waals surface area contributed by atoms with Gasteiger partial charge in [-0.3, -0.25) is 9.59 Å². The Bertz CT molecular complexity index is 673. The fraction of sp³-hybridized carbons (Fsp3) is 0.263. The first-order valence-electron chi connectivity index (χ1n) is 7.84. The van der Waals surface area contributed by atoms with E-state index in [9.17, 15) is 9.59 Å². The number of thioether (sulfide) groups is 1. The van der Waals surface area contributed by atoms with Gasteiger partial charge in [0.05, 0.1) is 18.1 Å². The van der Waals surface area contributed by atoms with Crippen LogP contribution in [0, 0.1) is 0 Å². The average Bonchev–Trinajstić information content (AvgIpc) is 2.58. The zero-order valence-corrected chi connectivity index (χ0v) is 14.5. The first-order valence-corrected chi connectivity index (χ1v) is 8.99. The van der Waals surface area contributed by atoms with Crippen LogP contribution in [0.4, 0.5) is 5.69 Å². The van der Waals surface area contributed by atoms with Crippen molar-refractivity contribution < 1.29 is 14.3 Å². The van der Waals surface area contributed by atoms with E-state index in [0.29, 0.717) is 6.61 Å². The summed E-state index contributed by atoms with van der Waals surface area (Å²) in [5.41, 5.74) is 3.06. The molecule has 0 aliphatic rings. The molecule has 0 heterocycles. The number of amides is 1. The third kappa shape index (κ3) is 6.08. The standard InChI is InChI=1S/C19H21NO3S/c1-2-23-19(22)14-24-13-18(21)20-17-11-7-6-10-16(17)12-15-8-4-3-5-9-15/h3-11H,2,12-14H2,1H3,(H,20,21). The van der Waals surface area contributed by atoms with Crippen LogP contribution in [0.3, 0.4) is 0 Å². The molecule has 0 atom stereocenters. The summed E-state index contributed by atoms with van der Waals surface area (Å²) >= 11 is 1.25. The molecule has 0 bridgehead atoms. The molecule has 0 radical (unpaired) electrons. The fourth-order valence-electron chi connectivity index (χ4n) is 2.23. The molecule has 0 aliphatic carbocycles. The van der Waals surface area contributed by atoms with E-state index in [-0.39, 0.29) is 23.4 Å². The van der Waals surface area contributed by atoms with Gasteiger partial charge >= 0.3 is 5.97 Å². The van der Waals surface area contributed by atoms with Gasteiger partial charge in [0.15, 0.2) is 0 Å². The van der Waals surface area contributed by atoms with Crippen LogP contribution in [0.1, 0.15) is 18.1 Å². The van der Waals surface area contributed by atoms with Crippen molar-refractivity contribution in [3.63, 3.8) is 0 Å². The Labute approximate surface area is 146 Å². The number of carbonyl (C=O) groups is 2. The lowest BCUT2D eigenvalue weighted by molar-refractivity contribution is -0.139. The summed E-state index contributed by atoms with van der Waals surface area (Å²) in [4.78, 5) is 23.3. The van der Waals surface area contributed by atoms with Crippen LogP contribution in [0.15, 0.2) is 54.6 Å². The van der Waals surface area contributed by atoms with Gasteiger partial charge in [-0.2, -0.15) is 0 Å². The minimum absolute atomic E-state index is 0.121. The van der Waals surface area contributed by atoms with E-state index < -0.39 is 0 Å². The second-order valence-electron chi connectivity index (χ2n) is 5.17. The number of anilines is 1. The number of hydrogen-bond acceptors (Lipinski definition) is 4. The highest BCUT2D eigenvalue weighted by atomic mass is 32.2. The molecule has 0 spiro atoms. The summed E-state index contributed by atoms with van der Waals surface area (Å²) in [7, 11) is 0. The normalized spacial score (nSPS) is 10.2. The number of carbonyl (C=O) groups excluding carboxylic acids is 2. The molecule has 2 aromatic carbocycles.